The first-order valence-electron chi connectivity index (χ1n) is 6.18. The van der Waals surface area contributed by atoms with E-state index in [9.17, 15) is 9.90 Å². The van der Waals surface area contributed by atoms with Crippen LogP contribution in [0.2, 0.25) is 0 Å². The fraction of sp³-hybridized carbons (Fsp3) is 0.917. The smallest absolute Gasteiger partial charge is 0.309 e. The molecule has 0 aromatic carbocycles. The molecular formula is C12H23NO3. The van der Waals surface area contributed by atoms with Gasteiger partial charge in [-0.25, -0.2) is 0 Å². The quantitative estimate of drug-likeness (QED) is 0.751. The number of morpholine rings is 1. The lowest BCUT2D eigenvalue weighted by atomic mass is 9.79. The van der Waals surface area contributed by atoms with Crippen LogP contribution in [0.4, 0.5) is 0 Å². The van der Waals surface area contributed by atoms with Crippen LogP contribution in [0, 0.1) is 5.41 Å². The second-order valence-corrected chi connectivity index (χ2v) is 4.50. The van der Waals surface area contributed by atoms with Crippen LogP contribution in [0.5, 0.6) is 0 Å². The van der Waals surface area contributed by atoms with Crippen molar-refractivity contribution in [1.82, 2.24) is 4.90 Å². The first kappa shape index (κ1) is 13.5. The van der Waals surface area contributed by atoms with Crippen LogP contribution in [0.1, 0.15) is 33.1 Å². The fourth-order valence-corrected chi connectivity index (χ4v) is 2.21. The van der Waals surface area contributed by atoms with Gasteiger partial charge in [0.2, 0.25) is 0 Å². The van der Waals surface area contributed by atoms with Gasteiger partial charge in [-0.2, -0.15) is 0 Å². The molecular weight excluding hydrogens is 206 g/mol. The maximum absolute atomic E-state index is 11.3. The highest BCUT2D eigenvalue weighted by atomic mass is 16.5. The van der Waals surface area contributed by atoms with Crippen LogP contribution < -0.4 is 0 Å². The highest BCUT2D eigenvalue weighted by Gasteiger charge is 2.34. The Bertz CT molecular complexity index is 220. The van der Waals surface area contributed by atoms with Gasteiger partial charge in [-0.3, -0.25) is 9.69 Å². The molecule has 0 aliphatic carbocycles. The largest absolute Gasteiger partial charge is 0.481 e. The van der Waals surface area contributed by atoms with Crippen molar-refractivity contribution in [3.05, 3.63) is 0 Å². The van der Waals surface area contributed by atoms with Crippen molar-refractivity contribution in [3.8, 4) is 0 Å². The van der Waals surface area contributed by atoms with Gasteiger partial charge in [-0.1, -0.05) is 13.8 Å². The lowest BCUT2D eigenvalue weighted by Crippen LogP contribution is -2.40. The Hall–Kier alpha value is -0.610. The van der Waals surface area contributed by atoms with Gasteiger partial charge in [0, 0.05) is 13.1 Å². The van der Waals surface area contributed by atoms with Crippen LogP contribution >= 0.6 is 0 Å². The number of hydrogen-bond acceptors (Lipinski definition) is 3. The van der Waals surface area contributed by atoms with Crippen molar-refractivity contribution < 1.29 is 14.6 Å². The van der Waals surface area contributed by atoms with Gasteiger partial charge in [0.1, 0.15) is 0 Å². The summed E-state index contributed by atoms with van der Waals surface area (Å²) in [7, 11) is 0. The van der Waals surface area contributed by atoms with Crippen molar-refractivity contribution in [1.29, 1.82) is 0 Å². The molecule has 4 nitrogen and oxygen atoms in total. The van der Waals surface area contributed by atoms with Gasteiger partial charge >= 0.3 is 5.97 Å². The average molecular weight is 229 g/mol. The minimum absolute atomic E-state index is 0.529. The molecule has 0 amide bonds. The van der Waals surface area contributed by atoms with E-state index >= 15 is 0 Å². The number of carboxylic acid groups (broad SMARTS) is 1. The minimum Gasteiger partial charge on any atom is -0.481 e. The number of hydrogen-bond donors (Lipinski definition) is 1. The van der Waals surface area contributed by atoms with Gasteiger partial charge < -0.3 is 9.84 Å². The number of carboxylic acids is 1. The number of carbonyl (C=O) groups is 1. The monoisotopic (exact) mass is 229 g/mol. The minimum atomic E-state index is -0.647. The summed E-state index contributed by atoms with van der Waals surface area (Å²) in [6.45, 7) is 8.23. The molecule has 0 radical (unpaired) electrons. The Labute approximate surface area is 97.6 Å². The molecule has 16 heavy (non-hydrogen) atoms. The zero-order valence-electron chi connectivity index (χ0n) is 10.4. The summed E-state index contributed by atoms with van der Waals surface area (Å²) in [5.74, 6) is -0.647. The zero-order chi connectivity index (χ0) is 12.0. The third-order valence-electron chi connectivity index (χ3n) is 3.82. The van der Waals surface area contributed by atoms with Gasteiger partial charge in [0.25, 0.3) is 0 Å². The molecule has 0 spiro atoms. The van der Waals surface area contributed by atoms with Crippen molar-refractivity contribution in [3.63, 3.8) is 0 Å². The summed E-state index contributed by atoms with van der Waals surface area (Å²) in [5.41, 5.74) is -0.529. The van der Waals surface area contributed by atoms with Gasteiger partial charge in [0.15, 0.2) is 0 Å². The maximum atomic E-state index is 11.3. The molecule has 1 saturated heterocycles. The molecule has 1 aliphatic heterocycles. The van der Waals surface area contributed by atoms with Crippen molar-refractivity contribution in [2.24, 2.45) is 5.41 Å². The van der Waals surface area contributed by atoms with Crippen molar-refractivity contribution >= 4 is 5.97 Å². The van der Waals surface area contributed by atoms with E-state index in [0.29, 0.717) is 12.8 Å². The molecule has 0 saturated carbocycles. The van der Waals surface area contributed by atoms with Gasteiger partial charge in [-0.15, -0.1) is 0 Å². The second-order valence-electron chi connectivity index (χ2n) is 4.50. The van der Waals surface area contributed by atoms with E-state index in [2.05, 4.69) is 4.90 Å². The van der Waals surface area contributed by atoms with Crippen LogP contribution in [0.15, 0.2) is 0 Å². The molecule has 1 fully saturated rings. The number of rotatable bonds is 6. The summed E-state index contributed by atoms with van der Waals surface area (Å²) in [6, 6.07) is 0. The standard InChI is InChI=1S/C12H23NO3/c1-3-12(4-2,11(14)15)5-6-13-7-9-16-10-8-13/h3-10H2,1-2H3,(H,14,15). The molecule has 0 unspecified atom stereocenters. The Morgan fingerprint density at radius 3 is 2.31 bits per heavy atom. The molecule has 0 bridgehead atoms. The van der Waals surface area contributed by atoms with E-state index in [-0.39, 0.29) is 0 Å². The summed E-state index contributed by atoms with van der Waals surface area (Å²) in [5, 5.41) is 9.31. The van der Waals surface area contributed by atoms with E-state index in [1.807, 2.05) is 13.8 Å². The van der Waals surface area contributed by atoms with Crippen molar-refractivity contribution in [2.75, 3.05) is 32.8 Å². The van der Waals surface area contributed by atoms with E-state index in [1.54, 1.807) is 0 Å². The van der Waals surface area contributed by atoms with E-state index in [1.165, 1.54) is 0 Å². The molecule has 1 heterocycles. The number of aliphatic carboxylic acids is 1. The number of ether oxygens (including phenoxy) is 1. The Morgan fingerprint density at radius 1 is 1.31 bits per heavy atom. The maximum Gasteiger partial charge on any atom is 0.309 e. The topological polar surface area (TPSA) is 49.8 Å². The van der Waals surface area contributed by atoms with E-state index in [4.69, 9.17) is 4.74 Å². The molecule has 0 atom stereocenters. The average Bonchev–Trinajstić information content (AvgIpc) is 2.32. The molecule has 1 rings (SSSR count). The summed E-state index contributed by atoms with van der Waals surface area (Å²) >= 11 is 0. The summed E-state index contributed by atoms with van der Waals surface area (Å²) in [6.07, 6.45) is 2.17. The number of nitrogens with zero attached hydrogens (tertiary/aromatic N) is 1. The molecule has 4 heteroatoms. The molecule has 1 N–H and O–H groups in total. The third kappa shape index (κ3) is 3.19. The van der Waals surface area contributed by atoms with Crippen molar-refractivity contribution in [2.45, 2.75) is 33.1 Å². The van der Waals surface area contributed by atoms with E-state index < -0.39 is 11.4 Å². The SMILES string of the molecule is CCC(CC)(CCN1CCOCC1)C(=O)O. The van der Waals surface area contributed by atoms with Crippen LogP contribution in [0.3, 0.4) is 0 Å². The third-order valence-corrected chi connectivity index (χ3v) is 3.82. The Kier molecular flexibility index (Phi) is 5.22. The Balaban J connectivity index is 2.45. The predicted molar refractivity (Wildman–Crippen MR) is 62.5 cm³/mol. The van der Waals surface area contributed by atoms with E-state index in [0.717, 1.165) is 39.3 Å². The molecule has 94 valence electrons. The lowest BCUT2D eigenvalue weighted by Gasteiger charge is -2.32. The van der Waals surface area contributed by atoms with Crippen LogP contribution in [-0.2, 0) is 9.53 Å². The fourth-order valence-electron chi connectivity index (χ4n) is 2.21. The lowest BCUT2D eigenvalue weighted by molar-refractivity contribution is -0.150. The van der Waals surface area contributed by atoms with Gasteiger partial charge in [0.05, 0.1) is 18.6 Å². The van der Waals surface area contributed by atoms with Crippen LogP contribution in [0.25, 0.3) is 0 Å². The normalized spacial score (nSPS) is 18.6. The highest BCUT2D eigenvalue weighted by molar-refractivity contribution is 5.74. The van der Waals surface area contributed by atoms with Gasteiger partial charge in [-0.05, 0) is 25.8 Å². The molecule has 0 aromatic rings. The van der Waals surface area contributed by atoms with Crippen LogP contribution in [-0.4, -0.2) is 48.8 Å². The predicted octanol–water partition coefficient (Wildman–Crippen LogP) is 1.60. The first-order chi connectivity index (χ1) is 7.64. The molecule has 0 aromatic heterocycles. The summed E-state index contributed by atoms with van der Waals surface area (Å²) < 4.78 is 5.27. The Morgan fingerprint density at radius 2 is 1.88 bits per heavy atom. The highest BCUT2D eigenvalue weighted by Crippen LogP contribution is 2.31. The first-order valence-corrected chi connectivity index (χ1v) is 6.18. The second kappa shape index (κ2) is 6.21. The molecule has 1 aliphatic rings. The zero-order valence-corrected chi connectivity index (χ0v) is 10.4. The summed E-state index contributed by atoms with van der Waals surface area (Å²) in [4.78, 5) is 13.6.